The fourth-order valence-electron chi connectivity index (χ4n) is 2.38. The van der Waals surface area contributed by atoms with E-state index in [9.17, 15) is 5.11 Å². The van der Waals surface area contributed by atoms with Crippen molar-refractivity contribution in [1.82, 2.24) is 10.6 Å². The van der Waals surface area contributed by atoms with E-state index in [-0.39, 0.29) is 6.04 Å². The molecule has 0 saturated heterocycles. The van der Waals surface area contributed by atoms with Crippen LogP contribution in [0.1, 0.15) is 30.5 Å². The van der Waals surface area contributed by atoms with Gasteiger partial charge in [0.05, 0.1) is 11.6 Å². The van der Waals surface area contributed by atoms with Crippen LogP contribution in [0, 0.1) is 0 Å². The molecule has 16 heavy (non-hydrogen) atoms. The normalized spacial score (nSPS) is 22.8. The fourth-order valence-corrected chi connectivity index (χ4v) is 2.38. The highest BCUT2D eigenvalue weighted by Crippen LogP contribution is 2.34. The van der Waals surface area contributed by atoms with Gasteiger partial charge in [-0.15, -0.1) is 0 Å². The summed E-state index contributed by atoms with van der Waals surface area (Å²) in [7, 11) is 1.91. The number of hydrogen-bond donors (Lipinski definition) is 3. The lowest BCUT2D eigenvalue weighted by molar-refractivity contribution is 0.0145. The summed E-state index contributed by atoms with van der Waals surface area (Å²) in [5, 5.41) is 17.0. The van der Waals surface area contributed by atoms with Gasteiger partial charge in [0.15, 0.2) is 0 Å². The summed E-state index contributed by atoms with van der Waals surface area (Å²) in [4.78, 5) is 0. The Balaban J connectivity index is 2.17. The number of hydrogen-bond acceptors (Lipinski definition) is 3. The molecule has 2 rings (SSSR count). The highest BCUT2D eigenvalue weighted by molar-refractivity contribution is 5.35. The molecular formula is C13H20N2O. The van der Waals surface area contributed by atoms with Crippen molar-refractivity contribution in [2.75, 3.05) is 13.6 Å². The van der Waals surface area contributed by atoms with Crippen LogP contribution in [-0.4, -0.2) is 24.3 Å². The van der Waals surface area contributed by atoms with Crippen molar-refractivity contribution in [3.63, 3.8) is 0 Å². The van der Waals surface area contributed by atoms with E-state index in [0.717, 1.165) is 19.5 Å². The molecule has 2 unspecified atom stereocenters. The summed E-state index contributed by atoms with van der Waals surface area (Å²) >= 11 is 0. The van der Waals surface area contributed by atoms with Crippen LogP contribution >= 0.6 is 0 Å². The van der Waals surface area contributed by atoms with Crippen LogP contribution < -0.4 is 10.6 Å². The zero-order valence-corrected chi connectivity index (χ0v) is 9.96. The Morgan fingerprint density at radius 3 is 3.00 bits per heavy atom. The molecule has 3 heteroatoms. The second kappa shape index (κ2) is 4.53. The minimum Gasteiger partial charge on any atom is -0.388 e. The van der Waals surface area contributed by atoms with Crippen molar-refractivity contribution >= 4 is 0 Å². The van der Waals surface area contributed by atoms with Crippen molar-refractivity contribution in [2.24, 2.45) is 0 Å². The third kappa shape index (κ3) is 2.12. The van der Waals surface area contributed by atoms with E-state index >= 15 is 0 Å². The van der Waals surface area contributed by atoms with Gasteiger partial charge in [-0.05, 0) is 38.1 Å². The Morgan fingerprint density at radius 2 is 2.25 bits per heavy atom. The number of aliphatic hydroxyl groups is 1. The predicted molar refractivity (Wildman–Crippen MR) is 65.2 cm³/mol. The average molecular weight is 220 g/mol. The second-order valence-corrected chi connectivity index (χ2v) is 4.72. The molecule has 0 aromatic heterocycles. The van der Waals surface area contributed by atoms with Crippen LogP contribution in [0.2, 0.25) is 0 Å². The lowest BCUT2D eigenvalue weighted by Gasteiger charge is -2.31. The van der Waals surface area contributed by atoms with E-state index in [1.807, 2.05) is 26.1 Å². The van der Waals surface area contributed by atoms with Gasteiger partial charge >= 0.3 is 0 Å². The predicted octanol–water partition coefficient (Wildman–Crippen LogP) is 1.19. The highest BCUT2D eigenvalue weighted by Gasteiger charge is 2.36. The molecular weight excluding hydrogens is 200 g/mol. The van der Waals surface area contributed by atoms with Crippen molar-refractivity contribution in [2.45, 2.75) is 31.5 Å². The molecule has 0 aliphatic carbocycles. The van der Waals surface area contributed by atoms with Gasteiger partial charge in [0.25, 0.3) is 0 Å². The number of nitrogens with one attached hydrogen (secondary N) is 2. The van der Waals surface area contributed by atoms with Crippen molar-refractivity contribution in [3.8, 4) is 0 Å². The van der Waals surface area contributed by atoms with Crippen molar-refractivity contribution < 1.29 is 5.11 Å². The van der Waals surface area contributed by atoms with E-state index in [2.05, 4.69) is 22.8 Å². The first-order chi connectivity index (χ1) is 7.65. The Hall–Kier alpha value is -0.900. The zero-order chi connectivity index (χ0) is 11.6. The van der Waals surface area contributed by atoms with Crippen LogP contribution in [0.15, 0.2) is 24.3 Å². The van der Waals surface area contributed by atoms with Gasteiger partial charge in [0.2, 0.25) is 0 Å². The molecule has 0 radical (unpaired) electrons. The molecule has 0 bridgehead atoms. The van der Waals surface area contributed by atoms with Gasteiger partial charge in [-0.25, -0.2) is 0 Å². The number of benzene rings is 1. The van der Waals surface area contributed by atoms with E-state index in [1.165, 1.54) is 11.1 Å². The molecule has 0 spiro atoms. The third-order valence-electron chi connectivity index (χ3n) is 3.37. The maximum absolute atomic E-state index is 10.5. The summed E-state index contributed by atoms with van der Waals surface area (Å²) in [5.41, 5.74) is 1.84. The molecule has 0 fully saturated rings. The molecule has 88 valence electrons. The summed E-state index contributed by atoms with van der Waals surface area (Å²) in [6.45, 7) is 3.59. The van der Waals surface area contributed by atoms with Gasteiger partial charge < -0.3 is 15.7 Å². The van der Waals surface area contributed by atoms with Crippen LogP contribution in [0.4, 0.5) is 0 Å². The zero-order valence-electron chi connectivity index (χ0n) is 9.96. The molecule has 1 heterocycles. The summed E-state index contributed by atoms with van der Waals surface area (Å²) < 4.78 is 0. The van der Waals surface area contributed by atoms with Crippen LogP contribution in [0.3, 0.4) is 0 Å². The van der Waals surface area contributed by atoms with E-state index < -0.39 is 5.60 Å². The molecule has 2 atom stereocenters. The van der Waals surface area contributed by atoms with Crippen molar-refractivity contribution in [1.29, 1.82) is 0 Å². The Labute approximate surface area is 96.9 Å². The van der Waals surface area contributed by atoms with Crippen LogP contribution in [0.5, 0.6) is 0 Å². The van der Waals surface area contributed by atoms with Crippen LogP contribution in [0.25, 0.3) is 0 Å². The average Bonchev–Trinajstić information content (AvgIpc) is 2.71. The minimum absolute atomic E-state index is 0.0528. The summed E-state index contributed by atoms with van der Waals surface area (Å²) in [6, 6.07) is 8.36. The van der Waals surface area contributed by atoms with Crippen molar-refractivity contribution in [3.05, 3.63) is 35.4 Å². The third-order valence-corrected chi connectivity index (χ3v) is 3.37. The highest BCUT2D eigenvalue weighted by atomic mass is 16.3. The Morgan fingerprint density at radius 1 is 1.50 bits per heavy atom. The SMILES string of the molecule is CNCCC(C)(O)C1NCc2ccccc21. The van der Waals surface area contributed by atoms with Gasteiger partial charge in [-0.2, -0.15) is 0 Å². The largest absolute Gasteiger partial charge is 0.388 e. The molecule has 1 aromatic carbocycles. The Kier molecular flexibility index (Phi) is 3.28. The molecule has 1 aliphatic rings. The first-order valence-corrected chi connectivity index (χ1v) is 5.83. The number of fused-ring (bicyclic) bond motifs is 1. The molecule has 0 amide bonds. The van der Waals surface area contributed by atoms with Gasteiger partial charge in [-0.1, -0.05) is 24.3 Å². The maximum atomic E-state index is 10.5. The van der Waals surface area contributed by atoms with Gasteiger partial charge in [0.1, 0.15) is 0 Å². The first-order valence-electron chi connectivity index (χ1n) is 5.83. The second-order valence-electron chi connectivity index (χ2n) is 4.72. The van der Waals surface area contributed by atoms with E-state index in [1.54, 1.807) is 0 Å². The molecule has 1 aliphatic heterocycles. The number of rotatable bonds is 4. The quantitative estimate of drug-likeness (QED) is 0.714. The van der Waals surface area contributed by atoms with Crippen LogP contribution in [-0.2, 0) is 6.54 Å². The monoisotopic (exact) mass is 220 g/mol. The topological polar surface area (TPSA) is 44.3 Å². The smallest absolute Gasteiger partial charge is 0.0825 e. The lowest BCUT2D eigenvalue weighted by Crippen LogP contribution is -2.40. The molecule has 3 N–H and O–H groups in total. The first kappa shape index (κ1) is 11.6. The van der Waals surface area contributed by atoms with Gasteiger partial charge in [0, 0.05) is 6.54 Å². The maximum Gasteiger partial charge on any atom is 0.0825 e. The fraction of sp³-hybridized carbons (Fsp3) is 0.538. The summed E-state index contributed by atoms with van der Waals surface area (Å²) in [6.07, 6.45) is 0.746. The molecule has 1 aromatic rings. The summed E-state index contributed by atoms with van der Waals surface area (Å²) in [5.74, 6) is 0. The molecule has 0 saturated carbocycles. The standard InChI is InChI=1S/C13H20N2O/c1-13(16,7-8-14-2)12-11-6-4-3-5-10(11)9-15-12/h3-6,12,14-16H,7-9H2,1-2H3. The van der Waals surface area contributed by atoms with E-state index in [4.69, 9.17) is 0 Å². The van der Waals surface area contributed by atoms with Gasteiger partial charge in [-0.3, -0.25) is 0 Å². The lowest BCUT2D eigenvalue weighted by atomic mass is 9.88. The Bertz CT molecular complexity index is 363. The molecule has 3 nitrogen and oxygen atoms in total. The van der Waals surface area contributed by atoms with E-state index in [0.29, 0.717) is 0 Å². The minimum atomic E-state index is -0.699.